The van der Waals surface area contributed by atoms with Crippen LogP contribution in [0.25, 0.3) is 0 Å². The Morgan fingerprint density at radius 2 is 1.96 bits per heavy atom. The number of carbonyl (C=O) groups is 2. The average molecular weight is 338 g/mol. The third kappa shape index (κ3) is 3.03. The number of fused-ring (bicyclic) bond motifs is 2. The summed E-state index contributed by atoms with van der Waals surface area (Å²) in [6, 6.07) is 10.9. The minimum absolute atomic E-state index is 0.0457. The van der Waals surface area contributed by atoms with E-state index in [9.17, 15) is 9.59 Å². The van der Waals surface area contributed by atoms with Crippen LogP contribution in [0.3, 0.4) is 0 Å². The molecule has 0 aromatic heterocycles. The van der Waals surface area contributed by atoms with Gasteiger partial charge in [-0.05, 0) is 48.7 Å². The molecule has 0 fully saturated rings. The molecular weight excluding hydrogens is 320 g/mol. The highest BCUT2D eigenvalue weighted by atomic mass is 16.7. The Morgan fingerprint density at radius 1 is 1.12 bits per heavy atom. The smallest absolute Gasteiger partial charge is 0.251 e. The van der Waals surface area contributed by atoms with Crippen LogP contribution in [0, 0.1) is 0 Å². The third-order valence-corrected chi connectivity index (χ3v) is 4.51. The number of aryl methyl sites for hydroxylation is 1. The van der Waals surface area contributed by atoms with Gasteiger partial charge in [0, 0.05) is 17.7 Å². The van der Waals surface area contributed by atoms with Gasteiger partial charge >= 0.3 is 0 Å². The quantitative estimate of drug-likeness (QED) is 0.902. The maximum absolute atomic E-state index is 12.5. The molecule has 128 valence electrons. The number of rotatable bonds is 3. The summed E-state index contributed by atoms with van der Waals surface area (Å²) in [5.74, 6) is 1.12. The fraction of sp³-hybridized carbons (Fsp3) is 0.263. The Kier molecular flexibility index (Phi) is 3.80. The molecule has 4 rings (SSSR count). The summed E-state index contributed by atoms with van der Waals surface area (Å²) in [6.45, 7) is 2.12. The van der Waals surface area contributed by atoms with E-state index in [0.717, 1.165) is 23.2 Å². The predicted octanol–water partition coefficient (Wildman–Crippen LogP) is 2.79. The molecule has 2 aromatic carbocycles. The maximum atomic E-state index is 12.5. The van der Waals surface area contributed by atoms with Crippen molar-refractivity contribution < 1.29 is 19.1 Å². The number of ether oxygens (including phenoxy) is 2. The molecule has 2 amide bonds. The van der Waals surface area contributed by atoms with Crippen molar-refractivity contribution in [3.63, 3.8) is 0 Å². The molecule has 0 aliphatic carbocycles. The molecule has 1 atom stereocenters. The third-order valence-electron chi connectivity index (χ3n) is 4.51. The van der Waals surface area contributed by atoms with Gasteiger partial charge in [0.05, 0.1) is 6.04 Å². The van der Waals surface area contributed by atoms with Gasteiger partial charge in [0.25, 0.3) is 5.91 Å². The van der Waals surface area contributed by atoms with Crippen molar-refractivity contribution in [3.8, 4) is 11.5 Å². The van der Waals surface area contributed by atoms with E-state index < -0.39 is 0 Å². The highest BCUT2D eigenvalue weighted by molar-refractivity contribution is 5.95. The first-order valence-electron chi connectivity index (χ1n) is 8.23. The summed E-state index contributed by atoms with van der Waals surface area (Å²) >= 11 is 0. The lowest BCUT2D eigenvalue weighted by atomic mass is 9.97. The summed E-state index contributed by atoms with van der Waals surface area (Å²) in [7, 11) is 0. The molecule has 0 bridgehead atoms. The molecule has 2 aliphatic rings. The molecule has 1 unspecified atom stereocenters. The zero-order valence-electron chi connectivity index (χ0n) is 13.8. The SMILES string of the molecule is CC(NC(=O)c1ccc2c(c1)OCO2)c1ccc2c(c1)CCC(=O)N2. The first kappa shape index (κ1) is 15.5. The van der Waals surface area contributed by atoms with Crippen molar-refractivity contribution in [2.45, 2.75) is 25.8 Å². The Hall–Kier alpha value is -3.02. The van der Waals surface area contributed by atoms with E-state index in [-0.39, 0.29) is 24.6 Å². The van der Waals surface area contributed by atoms with Crippen LogP contribution in [0.2, 0.25) is 0 Å². The van der Waals surface area contributed by atoms with Gasteiger partial charge in [-0.2, -0.15) is 0 Å². The van der Waals surface area contributed by atoms with Gasteiger partial charge in [-0.3, -0.25) is 9.59 Å². The summed E-state index contributed by atoms with van der Waals surface area (Å²) in [5, 5.41) is 5.86. The van der Waals surface area contributed by atoms with Gasteiger partial charge in [0.1, 0.15) is 0 Å². The van der Waals surface area contributed by atoms with Crippen LogP contribution < -0.4 is 20.1 Å². The number of benzene rings is 2. The topological polar surface area (TPSA) is 76.7 Å². The number of carbonyl (C=O) groups excluding carboxylic acids is 2. The summed E-state index contributed by atoms with van der Waals surface area (Å²) in [4.78, 5) is 23.9. The van der Waals surface area contributed by atoms with Crippen molar-refractivity contribution >= 4 is 17.5 Å². The molecule has 0 saturated heterocycles. The first-order valence-corrected chi connectivity index (χ1v) is 8.23. The Labute approximate surface area is 145 Å². The van der Waals surface area contributed by atoms with Crippen LogP contribution >= 0.6 is 0 Å². The molecule has 0 saturated carbocycles. The molecule has 0 radical (unpaired) electrons. The van der Waals surface area contributed by atoms with Crippen LogP contribution in [-0.2, 0) is 11.2 Å². The summed E-state index contributed by atoms with van der Waals surface area (Å²) in [5.41, 5.74) is 3.49. The number of anilines is 1. The molecule has 2 aliphatic heterocycles. The maximum Gasteiger partial charge on any atom is 0.251 e. The second kappa shape index (κ2) is 6.12. The molecule has 0 spiro atoms. The normalized spacial score (nSPS) is 16.0. The van der Waals surface area contributed by atoms with Crippen molar-refractivity contribution in [2.24, 2.45) is 0 Å². The molecular formula is C19H18N2O4. The number of nitrogens with one attached hydrogen (secondary N) is 2. The molecule has 6 nitrogen and oxygen atoms in total. The van der Waals surface area contributed by atoms with Gasteiger partial charge < -0.3 is 20.1 Å². The zero-order valence-corrected chi connectivity index (χ0v) is 13.8. The second-order valence-electron chi connectivity index (χ2n) is 6.23. The lowest BCUT2D eigenvalue weighted by molar-refractivity contribution is -0.116. The number of hydrogen-bond acceptors (Lipinski definition) is 4. The van der Waals surface area contributed by atoms with Gasteiger partial charge in [-0.1, -0.05) is 12.1 Å². The van der Waals surface area contributed by atoms with E-state index in [0.29, 0.717) is 23.5 Å². The van der Waals surface area contributed by atoms with E-state index in [1.165, 1.54) is 0 Å². The van der Waals surface area contributed by atoms with E-state index >= 15 is 0 Å². The second-order valence-corrected chi connectivity index (χ2v) is 6.23. The molecule has 2 N–H and O–H groups in total. The standard InChI is InChI=1S/C19H18N2O4/c1-11(12-2-5-15-13(8-12)4-7-18(22)21-15)20-19(23)14-3-6-16-17(9-14)25-10-24-16/h2-3,5-6,8-9,11H,4,7,10H2,1H3,(H,20,23)(H,21,22). The van der Waals surface area contributed by atoms with Gasteiger partial charge in [-0.15, -0.1) is 0 Å². The molecule has 2 heterocycles. The minimum atomic E-state index is -0.170. The summed E-state index contributed by atoms with van der Waals surface area (Å²) < 4.78 is 10.6. The van der Waals surface area contributed by atoms with Crippen molar-refractivity contribution in [1.82, 2.24) is 5.32 Å². The van der Waals surface area contributed by atoms with Crippen LogP contribution in [0.5, 0.6) is 11.5 Å². The van der Waals surface area contributed by atoms with Crippen LogP contribution in [0.1, 0.15) is 40.9 Å². The Balaban J connectivity index is 1.49. The van der Waals surface area contributed by atoms with E-state index in [1.807, 2.05) is 25.1 Å². The van der Waals surface area contributed by atoms with Crippen LogP contribution in [-0.4, -0.2) is 18.6 Å². The van der Waals surface area contributed by atoms with Gasteiger partial charge in [0.2, 0.25) is 12.7 Å². The van der Waals surface area contributed by atoms with E-state index in [2.05, 4.69) is 10.6 Å². The minimum Gasteiger partial charge on any atom is -0.454 e. The first-order chi connectivity index (χ1) is 12.1. The number of amides is 2. The fourth-order valence-corrected chi connectivity index (χ4v) is 3.07. The highest BCUT2D eigenvalue weighted by Gasteiger charge is 2.19. The largest absolute Gasteiger partial charge is 0.454 e. The molecule has 2 aromatic rings. The monoisotopic (exact) mass is 338 g/mol. The van der Waals surface area contributed by atoms with Crippen LogP contribution in [0.15, 0.2) is 36.4 Å². The lowest BCUT2D eigenvalue weighted by Crippen LogP contribution is -2.27. The van der Waals surface area contributed by atoms with Crippen molar-refractivity contribution in [2.75, 3.05) is 12.1 Å². The van der Waals surface area contributed by atoms with Gasteiger partial charge in [0.15, 0.2) is 11.5 Å². The molecule has 6 heteroatoms. The van der Waals surface area contributed by atoms with Crippen molar-refractivity contribution in [1.29, 1.82) is 0 Å². The molecule has 25 heavy (non-hydrogen) atoms. The highest BCUT2D eigenvalue weighted by Crippen LogP contribution is 2.32. The van der Waals surface area contributed by atoms with E-state index in [1.54, 1.807) is 18.2 Å². The summed E-state index contributed by atoms with van der Waals surface area (Å²) in [6.07, 6.45) is 1.21. The fourth-order valence-electron chi connectivity index (χ4n) is 3.07. The van der Waals surface area contributed by atoms with Crippen molar-refractivity contribution in [3.05, 3.63) is 53.1 Å². The Morgan fingerprint density at radius 3 is 2.84 bits per heavy atom. The predicted molar refractivity (Wildman–Crippen MR) is 91.8 cm³/mol. The number of hydrogen-bond donors (Lipinski definition) is 2. The van der Waals surface area contributed by atoms with Gasteiger partial charge in [-0.25, -0.2) is 0 Å². The zero-order chi connectivity index (χ0) is 17.4. The van der Waals surface area contributed by atoms with E-state index in [4.69, 9.17) is 9.47 Å². The average Bonchev–Trinajstić information content (AvgIpc) is 3.08. The Bertz CT molecular complexity index is 862. The van der Waals surface area contributed by atoms with Crippen LogP contribution in [0.4, 0.5) is 5.69 Å². The lowest BCUT2D eigenvalue weighted by Gasteiger charge is -2.20.